The molecule has 0 saturated heterocycles. The van der Waals surface area contributed by atoms with Crippen molar-refractivity contribution in [3.05, 3.63) is 0 Å². The lowest BCUT2D eigenvalue weighted by molar-refractivity contribution is -0.153. The smallest absolute Gasteiger partial charge is 0.463 e. The van der Waals surface area contributed by atoms with Crippen molar-refractivity contribution >= 4 is 51.3 Å². The van der Waals surface area contributed by atoms with Gasteiger partial charge in [-0.1, -0.05) is 0 Å². The number of ether oxygens (including phenoxy) is 6. The minimum Gasteiger partial charge on any atom is -0.463 e. The number of phosphoric ester groups is 2. The third-order valence-corrected chi connectivity index (χ3v) is 7.84. The molecule has 0 bridgehead atoms. The zero-order valence-electron chi connectivity index (χ0n) is 30.6. The fraction of sp³-hybridized carbons (Fsp3) is 0.793. The number of phosphoric acid groups is 2. The van der Waals surface area contributed by atoms with Crippen molar-refractivity contribution in [3.63, 3.8) is 0 Å². The third kappa shape index (κ3) is 31.1. The molecule has 22 nitrogen and oxygen atoms in total. The first-order chi connectivity index (χ1) is 24.7. The zero-order chi connectivity index (χ0) is 40.5. The van der Waals surface area contributed by atoms with E-state index in [9.17, 15) is 47.7 Å². The first kappa shape index (κ1) is 50.0. The highest BCUT2D eigenvalue weighted by Crippen LogP contribution is 2.43. The van der Waals surface area contributed by atoms with Gasteiger partial charge in [-0.2, -0.15) is 0 Å². The molecule has 0 fully saturated rings. The molecule has 0 aliphatic heterocycles. The standard InChI is InChI=1S/C29H52N2O20P2/c1-20(48-22(3)32)7-11-42-16-26(50-24(5)34)18-46-52(38,39)44-13-9-30-28(36)15-29(37)31-10-14-45-53(40,41)47-19-27(51-25(6)35)17-43-12-8-21(2)49-23(4)33/h20-21,26-27H,7-19H2,1-6H3,(H,30,36)(H,31,37)(H,38,39)(H,40,41)/t20-,21-,26?,27?/m1/s1. The van der Waals surface area contributed by atoms with Crippen molar-refractivity contribution in [1.82, 2.24) is 10.6 Å². The highest BCUT2D eigenvalue weighted by Gasteiger charge is 2.26. The summed E-state index contributed by atoms with van der Waals surface area (Å²) in [6, 6.07) is 0. The number of carbonyl (C=O) groups excluding carboxylic acids is 6. The second-order valence-corrected chi connectivity index (χ2v) is 14.0. The predicted molar refractivity (Wildman–Crippen MR) is 179 cm³/mol. The second kappa shape index (κ2) is 27.5. The molecule has 0 saturated carbocycles. The van der Waals surface area contributed by atoms with Crippen LogP contribution < -0.4 is 10.6 Å². The maximum absolute atomic E-state index is 12.2. The van der Waals surface area contributed by atoms with Crippen molar-refractivity contribution in [2.75, 3.05) is 65.9 Å². The van der Waals surface area contributed by atoms with Crippen LogP contribution in [0.2, 0.25) is 0 Å². The molecule has 0 radical (unpaired) electrons. The number of hydrogen-bond donors (Lipinski definition) is 4. The Bertz CT molecular complexity index is 1160. The van der Waals surface area contributed by atoms with E-state index in [0.29, 0.717) is 12.8 Å². The summed E-state index contributed by atoms with van der Waals surface area (Å²) in [5, 5.41) is 4.57. The number of esters is 4. The molecule has 0 aromatic carbocycles. The Morgan fingerprint density at radius 3 is 1.19 bits per heavy atom. The molecule has 4 unspecified atom stereocenters. The van der Waals surface area contributed by atoms with E-state index in [-0.39, 0.29) is 39.5 Å². The lowest BCUT2D eigenvalue weighted by Gasteiger charge is -2.20. The number of rotatable bonds is 30. The van der Waals surface area contributed by atoms with Crippen LogP contribution in [0, 0.1) is 0 Å². The highest BCUT2D eigenvalue weighted by atomic mass is 31.2. The highest BCUT2D eigenvalue weighted by molar-refractivity contribution is 7.47. The van der Waals surface area contributed by atoms with Gasteiger partial charge >= 0.3 is 39.5 Å². The SMILES string of the molecule is CC(=O)OC(COCC[C@@H](C)OC(C)=O)COP(=O)(O)OCCNC(=O)CC(=O)NCCOP(=O)(O)OCC(COCC[C@@H](C)OC(C)=O)OC(C)=O. The predicted octanol–water partition coefficient (Wildman–Crippen LogP) is 0.456. The van der Waals surface area contributed by atoms with Crippen LogP contribution in [-0.4, -0.2) is 136 Å². The largest absolute Gasteiger partial charge is 0.472 e. The lowest BCUT2D eigenvalue weighted by atomic mass is 10.3. The summed E-state index contributed by atoms with van der Waals surface area (Å²) in [5.41, 5.74) is 0. The van der Waals surface area contributed by atoms with Crippen LogP contribution in [0.5, 0.6) is 0 Å². The molecule has 0 heterocycles. The van der Waals surface area contributed by atoms with E-state index in [1.807, 2.05) is 0 Å². The Hall–Kier alpha value is -3.04. The third-order valence-electron chi connectivity index (χ3n) is 5.87. The molecular weight excluding hydrogens is 758 g/mol. The summed E-state index contributed by atoms with van der Waals surface area (Å²) in [6.45, 7) is 5.26. The number of hydrogen-bond acceptors (Lipinski definition) is 18. The van der Waals surface area contributed by atoms with E-state index in [4.69, 9.17) is 46.5 Å². The maximum Gasteiger partial charge on any atom is 0.472 e. The van der Waals surface area contributed by atoms with Crippen LogP contribution in [0.4, 0.5) is 0 Å². The van der Waals surface area contributed by atoms with Gasteiger partial charge in [-0.25, -0.2) is 9.13 Å². The van der Waals surface area contributed by atoms with Crippen LogP contribution in [0.3, 0.4) is 0 Å². The van der Waals surface area contributed by atoms with Gasteiger partial charge in [0.15, 0.2) is 0 Å². The van der Waals surface area contributed by atoms with Gasteiger partial charge in [-0.15, -0.1) is 0 Å². The Morgan fingerprint density at radius 1 is 0.528 bits per heavy atom. The molecule has 4 N–H and O–H groups in total. The van der Waals surface area contributed by atoms with Gasteiger partial charge in [0.1, 0.15) is 30.8 Å². The van der Waals surface area contributed by atoms with Gasteiger partial charge in [0.05, 0.1) is 52.9 Å². The monoisotopic (exact) mass is 810 g/mol. The molecule has 53 heavy (non-hydrogen) atoms. The molecule has 24 heteroatoms. The maximum atomic E-state index is 12.2. The Kier molecular flexibility index (Phi) is 25.9. The van der Waals surface area contributed by atoms with Crippen LogP contribution in [-0.2, 0) is 84.4 Å². The Morgan fingerprint density at radius 2 is 0.868 bits per heavy atom. The average Bonchev–Trinajstić information content (AvgIpc) is 3.02. The summed E-state index contributed by atoms with van der Waals surface area (Å²) >= 11 is 0. The van der Waals surface area contributed by atoms with Crippen LogP contribution in [0.15, 0.2) is 0 Å². The molecule has 2 amide bonds. The van der Waals surface area contributed by atoms with Gasteiger partial charge in [0.2, 0.25) is 11.8 Å². The lowest BCUT2D eigenvalue weighted by Crippen LogP contribution is -2.34. The van der Waals surface area contributed by atoms with Crippen molar-refractivity contribution in [1.29, 1.82) is 0 Å². The minimum atomic E-state index is -4.66. The van der Waals surface area contributed by atoms with Gasteiger partial charge in [-0.05, 0) is 13.8 Å². The fourth-order valence-corrected chi connectivity index (χ4v) is 5.22. The quantitative estimate of drug-likeness (QED) is 0.0252. The molecule has 0 spiro atoms. The van der Waals surface area contributed by atoms with E-state index in [1.54, 1.807) is 13.8 Å². The molecule has 0 aliphatic rings. The molecule has 0 aromatic heterocycles. The number of carbonyl (C=O) groups is 6. The van der Waals surface area contributed by atoms with Crippen LogP contribution in [0.25, 0.3) is 0 Å². The number of amides is 2. The first-order valence-corrected chi connectivity index (χ1v) is 19.3. The topological polar surface area (TPSA) is 293 Å². The van der Waals surface area contributed by atoms with E-state index < -0.39 is 109 Å². The summed E-state index contributed by atoms with van der Waals surface area (Å²) in [5.74, 6) is -3.87. The number of nitrogens with one attached hydrogen (secondary N) is 2. The first-order valence-electron chi connectivity index (χ1n) is 16.3. The molecule has 0 aliphatic carbocycles. The van der Waals surface area contributed by atoms with Gasteiger partial charge in [0, 0.05) is 53.6 Å². The summed E-state index contributed by atoms with van der Waals surface area (Å²) < 4.78 is 74.2. The van der Waals surface area contributed by atoms with Crippen LogP contribution in [0.1, 0.15) is 60.8 Å². The van der Waals surface area contributed by atoms with E-state index in [1.165, 1.54) is 13.8 Å². The Balaban J connectivity index is 4.37. The molecule has 0 aromatic rings. The molecule has 308 valence electrons. The van der Waals surface area contributed by atoms with Gasteiger partial charge in [-0.3, -0.25) is 46.9 Å². The summed E-state index contributed by atoms with van der Waals surface area (Å²) in [6.07, 6.45) is -2.93. The average molecular weight is 811 g/mol. The summed E-state index contributed by atoms with van der Waals surface area (Å²) in [7, 11) is -9.31. The molecule has 0 rings (SSSR count). The van der Waals surface area contributed by atoms with Crippen LogP contribution >= 0.6 is 15.6 Å². The van der Waals surface area contributed by atoms with E-state index in [2.05, 4.69) is 10.6 Å². The fourth-order valence-electron chi connectivity index (χ4n) is 3.72. The van der Waals surface area contributed by atoms with Gasteiger partial charge < -0.3 is 48.8 Å². The van der Waals surface area contributed by atoms with Gasteiger partial charge in [0.25, 0.3) is 0 Å². The normalized spacial score (nSPS) is 15.7. The van der Waals surface area contributed by atoms with E-state index >= 15 is 0 Å². The van der Waals surface area contributed by atoms with Crippen molar-refractivity contribution in [2.45, 2.75) is 85.2 Å². The van der Waals surface area contributed by atoms with Crippen molar-refractivity contribution in [2.24, 2.45) is 0 Å². The van der Waals surface area contributed by atoms with E-state index in [0.717, 1.165) is 13.8 Å². The zero-order valence-corrected chi connectivity index (χ0v) is 32.4. The molecule has 6 atom stereocenters. The molecular formula is C29H52N2O20P2. The van der Waals surface area contributed by atoms with Crippen molar-refractivity contribution in [3.8, 4) is 0 Å². The minimum absolute atomic E-state index is 0.131. The second-order valence-electron chi connectivity index (χ2n) is 11.1. The summed E-state index contributed by atoms with van der Waals surface area (Å²) in [4.78, 5) is 88.5. The van der Waals surface area contributed by atoms with Crippen molar-refractivity contribution < 1.29 is 94.2 Å². The Labute approximate surface area is 307 Å².